The van der Waals surface area contributed by atoms with E-state index in [1.807, 2.05) is 0 Å². The number of amides is 3. The number of carbonyl (C=O) groups excluding carboxylic acids is 3. The number of carbonyl (C=O) groups is 4. The zero-order chi connectivity index (χ0) is 26.8. The fourth-order valence-electron chi connectivity index (χ4n) is 3.23. The standard InChI is InChI=1S/C24H30N4O8/c1-13(29)21(28-22(33)18(25)10-14-2-6-16(30)7-3-14)23(34)26-12-20(32)27-19(24(35)36)11-15-4-8-17(31)9-5-15/h2-9,13,18-19,21,29-31H,10-12,25H2,1H3,(H,26,34)(H,27,32)(H,28,33)(H,35,36). The summed E-state index contributed by atoms with van der Waals surface area (Å²) in [4.78, 5) is 48.7. The molecule has 9 N–H and O–H groups in total. The van der Waals surface area contributed by atoms with Crippen LogP contribution in [0.15, 0.2) is 48.5 Å². The van der Waals surface area contributed by atoms with Crippen molar-refractivity contribution in [1.29, 1.82) is 0 Å². The van der Waals surface area contributed by atoms with Crippen LogP contribution in [0.4, 0.5) is 0 Å². The maximum absolute atomic E-state index is 12.5. The number of carboxylic acids is 1. The molecule has 0 aromatic heterocycles. The quantitative estimate of drug-likeness (QED) is 0.174. The molecule has 0 saturated heterocycles. The molecule has 0 heterocycles. The number of benzene rings is 2. The molecular weight excluding hydrogens is 472 g/mol. The lowest BCUT2D eigenvalue weighted by Gasteiger charge is -2.23. The monoisotopic (exact) mass is 502 g/mol. The van der Waals surface area contributed by atoms with Gasteiger partial charge in [-0.15, -0.1) is 0 Å². The highest BCUT2D eigenvalue weighted by molar-refractivity contribution is 5.93. The smallest absolute Gasteiger partial charge is 0.326 e. The van der Waals surface area contributed by atoms with Crippen molar-refractivity contribution >= 4 is 23.7 Å². The third-order valence-corrected chi connectivity index (χ3v) is 5.22. The van der Waals surface area contributed by atoms with E-state index in [1.54, 1.807) is 12.1 Å². The van der Waals surface area contributed by atoms with Gasteiger partial charge < -0.3 is 42.1 Å². The number of hydrogen-bond acceptors (Lipinski definition) is 8. The molecule has 4 unspecified atom stereocenters. The summed E-state index contributed by atoms with van der Waals surface area (Å²) in [7, 11) is 0. The summed E-state index contributed by atoms with van der Waals surface area (Å²) in [5.41, 5.74) is 7.12. The van der Waals surface area contributed by atoms with Crippen molar-refractivity contribution in [3.8, 4) is 11.5 Å². The van der Waals surface area contributed by atoms with Gasteiger partial charge in [-0.1, -0.05) is 24.3 Å². The molecule has 0 aliphatic carbocycles. The van der Waals surface area contributed by atoms with Gasteiger partial charge >= 0.3 is 5.97 Å². The van der Waals surface area contributed by atoms with Crippen LogP contribution in [-0.2, 0) is 32.0 Å². The lowest BCUT2D eigenvalue weighted by atomic mass is 10.0. The van der Waals surface area contributed by atoms with Crippen LogP contribution in [0.1, 0.15) is 18.1 Å². The van der Waals surface area contributed by atoms with E-state index in [-0.39, 0.29) is 24.3 Å². The zero-order valence-electron chi connectivity index (χ0n) is 19.5. The maximum Gasteiger partial charge on any atom is 0.326 e. The number of hydrogen-bond donors (Lipinski definition) is 8. The topological polar surface area (TPSA) is 211 Å². The Labute approximate surface area is 207 Å². The summed E-state index contributed by atoms with van der Waals surface area (Å²) in [5, 5.41) is 44.9. The molecule has 0 fully saturated rings. The third kappa shape index (κ3) is 8.89. The predicted molar refractivity (Wildman–Crippen MR) is 128 cm³/mol. The van der Waals surface area contributed by atoms with Crippen LogP contribution in [0.2, 0.25) is 0 Å². The first-order valence-electron chi connectivity index (χ1n) is 11.1. The molecule has 194 valence electrons. The van der Waals surface area contributed by atoms with Gasteiger partial charge in [0.1, 0.15) is 23.6 Å². The molecule has 36 heavy (non-hydrogen) atoms. The Bertz CT molecular complexity index is 1060. The van der Waals surface area contributed by atoms with Crippen LogP contribution in [0.5, 0.6) is 11.5 Å². The van der Waals surface area contributed by atoms with Gasteiger partial charge in [-0.3, -0.25) is 14.4 Å². The first-order chi connectivity index (χ1) is 17.0. The second-order valence-corrected chi connectivity index (χ2v) is 8.25. The summed E-state index contributed by atoms with van der Waals surface area (Å²) in [5.74, 6) is -3.60. The van der Waals surface area contributed by atoms with Crippen molar-refractivity contribution in [3.05, 3.63) is 59.7 Å². The summed E-state index contributed by atoms with van der Waals surface area (Å²) in [6.07, 6.45) is -1.26. The summed E-state index contributed by atoms with van der Waals surface area (Å²) < 4.78 is 0. The van der Waals surface area contributed by atoms with Crippen molar-refractivity contribution in [1.82, 2.24) is 16.0 Å². The number of nitrogens with two attached hydrogens (primary N) is 1. The Morgan fingerprint density at radius 1 is 0.833 bits per heavy atom. The number of rotatable bonds is 12. The largest absolute Gasteiger partial charge is 0.508 e. The molecule has 0 spiro atoms. The van der Waals surface area contributed by atoms with Crippen LogP contribution in [-0.4, -0.2) is 74.9 Å². The molecule has 0 aliphatic heterocycles. The van der Waals surface area contributed by atoms with Gasteiger partial charge in [0.05, 0.1) is 18.7 Å². The van der Waals surface area contributed by atoms with E-state index in [2.05, 4.69) is 16.0 Å². The average Bonchev–Trinajstić information content (AvgIpc) is 2.82. The Morgan fingerprint density at radius 3 is 1.81 bits per heavy atom. The minimum absolute atomic E-state index is 0.0124. The lowest BCUT2D eigenvalue weighted by Crippen LogP contribution is -2.57. The van der Waals surface area contributed by atoms with E-state index in [0.29, 0.717) is 11.1 Å². The number of nitrogens with one attached hydrogen (secondary N) is 3. The molecule has 2 rings (SSSR count). The van der Waals surface area contributed by atoms with E-state index >= 15 is 0 Å². The van der Waals surface area contributed by atoms with Crippen LogP contribution in [0.25, 0.3) is 0 Å². The fraction of sp³-hybridized carbons (Fsp3) is 0.333. The molecule has 2 aromatic carbocycles. The molecule has 0 saturated carbocycles. The summed E-state index contributed by atoms with van der Waals surface area (Å²) in [6.45, 7) is 0.672. The molecule has 0 radical (unpaired) electrons. The molecule has 12 heteroatoms. The predicted octanol–water partition coefficient (Wildman–Crippen LogP) is -1.24. The van der Waals surface area contributed by atoms with Gasteiger partial charge in [-0.25, -0.2) is 4.79 Å². The van der Waals surface area contributed by atoms with Gasteiger partial charge in [-0.2, -0.15) is 0 Å². The number of aliphatic carboxylic acids is 1. The van der Waals surface area contributed by atoms with Crippen LogP contribution >= 0.6 is 0 Å². The number of aliphatic hydroxyl groups is 1. The summed E-state index contributed by atoms with van der Waals surface area (Å²) >= 11 is 0. The van der Waals surface area contributed by atoms with Gasteiger partial charge in [0.15, 0.2) is 0 Å². The average molecular weight is 503 g/mol. The Morgan fingerprint density at radius 2 is 1.33 bits per heavy atom. The Balaban J connectivity index is 1.89. The van der Waals surface area contributed by atoms with Gasteiger partial charge in [0.25, 0.3) is 0 Å². The van der Waals surface area contributed by atoms with Crippen molar-refractivity contribution in [2.24, 2.45) is 5.73 Å². The minimum atomic E-state index is -1.41. The third-order valence-electron chi connectivity index (χ3n) is 5.22. The van der Waals surface area contributed by atoms with Crippen molar-refractivity contribution in [2.75, 3.05) is 6.54 Å². The second-order valence-electron chi connectivity index (χ2n) is 8.25. The van der Waals surface area contributed by atoms with Gasteiger partial charge in [0.2, 0.25) is 17.7 Å². The number of phenolic OH excluding ortho intramolecular Hbond substituents is 2. The number of aromatic hydroxyl groups is 2. The number of phenols is 2. The summed E-state index contributed by atoms with van der Waals surface area (Å²) in [6, 6.07) is 8.11. The maximum atomic E-state index is 12.5. The van der Waals surface area contributed by atoms with E-state index in [9.17, 15) is 39.6 Å². The number of aliphatic hydroxyl groups excluding tert-OH is 1. The van der Waals surface area contributed by atoms with Crippen LogP contribution in [0.3, 0.4) is 0 Å². The van der Waals surface area contributed by atoms with Crippen LogP contribution in [0, 0.1) is 0 Å². The lowest BCUT2D eigenvalue weighted by molar-refractivity contribution is -0.141. The van der Waals surface area contributed by atoms with E-state index < -0.39 is 54.5 Å². The van der Waals surface area contributed by atoms with Crippen molar-refractivity contribution < 1.29 is 39.6 Å². The highest BCUT2D eigenvalue weighted by Crippen LogP contribution is 2.12. The Hall–Kier alpha value is -4.16. The van der Waals surface area contributed by atoms with Gasteiger partial charge in [-0.05, 0) is 48.7 Å². The fourth-order valence-corrected chi connectivity index (χ4v) is 3.23. The normalized spacial score (nSPS) is 14.1. The van der Waals surface area contributed by atoms with E-state index in [4.69, 9.17) is 5.73 Å². The molecular formula is C24H30N4O8. The minimum Gasteiger partial charge on any atom is -0.508 e. The SMILES string of the molecule is CC(O)C(NC(=O)C(N)Cc1ccc(O)cc1)C(=O)NCC(=O)NC(Cc1ccc(O)cc1)C(=O)O. The van der Waals surface area contributed by atoms with Crippen molar-refractivity contribution in [2.45, 2.75) is 44.0 Å². The second kappa shape index (κ2) is 13.1. The molecule has 0 bridgehead atoms. The highest BCUT2D eigenvalue weighted by Gasteiger charge is 2.28. The first-order valence-corrected chi connectivity index (χ1v) is 11.1. The van der Waals surface area contributed by atoms with Crippen molar-refractivity contribution in [3.63, 3.8) is 0 Å². The molecule has 0 aliphatic rings. The van der Waals surface area contributed by atoms with Gasteiger partial charge in [0, 0.05) is 6.42 Å². The highest BCUT2D eigenvalue weighted by atomic mass is 16.4. The molecule has 3 amide bonds. The molecule has 12 nitrogen and oxygen atoms in total. The number of carboxylic acid groups (broad SMARTS) is 1. The molecule has 2 aromatic rings. The first kappa shape index (κ1) is 28.1. The van der Waals surface area contributed by atoms with Crippen LogP contribution < -0.4 is 21.7 Å². The zero-order valence-corrected chi connectivity index (χ0v) is 19.5. The molecule has 4 atom stereocenters. The van der Waals surface area contributed by atoms with E-state index in [1.165, 1.54) is 43.3 Å². The Kier molecular flexibility index (Phi) is 10.2. The van der Waals surface area contributed by atoms with E-state index in [0.717, 1.165) is 0 Å².